The number of para-hydroxylation sites is 1. The van der Waals surface area contributed by atoms with Crippen LogP contribution in [0.1, 0.15) is 5.69 Å². The molecule has 1 aromatic carbocycles. The lowest BCUT2D eigenvalue weighted by molar-refractivity contribution is 0.308. The van der Waals surface area contributed by atoms with Crippen LogP contribution in [0.3, 0.4) is 0 Å². The lowest BCUT2D eigenvalue weighted by Crippen LogP contribution is -2.28. The summed E-state index contributed by atoms with van der Waals surface area (Å²) in [5, 5.41) is 0.979. The normalized spacial score (nSPS) is 11.6. The Morgan fingerprint density at radius 2 is 1.76 bits per heavy atom. The van der Waals surface area contributed by atoms with Gasteiger partial charge in [-0.05, 0) is 19.1 Å². The van der Waals surface area contributed by atoms with E-state index in [1.54, 1.807) is 30.8 Å². The SMILES string of the molecule is Cc1c(N(C)OS(C)(=O)=O)c(=O)n(-c2ccccc2)n1C. The Bertz CT molecular complexity index is 806. The molecule has 2 rings (SSSR count). The van der Waals surface area contributed by atoms with Gasteiger partial charge in [-0.1, -0.05) is 18.2 Å². The number of hydroxylamine groups is 1. The van der Waals surface area contributed by atoms with Crippen LogP contribution in [0.4, 0.5) is 5.69 Å². The molecular weight excluding hydrogens is 294 g/mol. The number of anilines is 1. The number of benzene rings is 1. The average molecular weight is 311 g/mol. The van der Waals surface area contributed by atoms with Crippen LogP contribution in [0.5, 0.6) is 0 Å². The minimum Gasteiger partial charge on any atom is -0.283 e. The smallest absolute Gasteiger partial charge is 0.283 e. The molecule has 0 saturated heterocycles. The van der Waals surface area contributed by atoms with Crippen LogP contribution in [-0.2, 0) is 21.4 Å². The number of hydrogen-bond donors (Lipinski definition) is 0. The fraction of sp³-hybridized carbons (Fsp3) is 0.308. The first-order valence-electron chi connectivity index (χ1n) is 6.19. The summed E-state index contributed by atoms with van der Waals surface area (Å²) in [6, 6.07) is 9.08. The molecule has 0 bridgehead atoms. The van der Waals surface area contributed by atoms with Crippen LogP contribution in [0.2, 0.25) is 0 Å². The molecule has 0 saturated carbocycles. The van der Waals surface area contributed by atoms with Crippen molar-refractivity contribution in [2.45, 2.75) is 6.92 Å². The maximum absolute atomic E-state index is 12.6. The Hall–Kier alpha value is -2.06. The minimum atomic E-state index is -3.70. The monoisotopic (exact) mass is 311 g/mol. The van der Waals surface area contributed by atoms with Crippen LogP contribution in [0.15, 0.2) is 35.1 Å². The van der Waals surface area contributed by atoms with E-state index in [1.165, 1.54) is 11.7 Å². The topological polar surface area (TPSA) is 73.5 Å². The summed E-state index contributed by atoms with van der Waals surface area (Å²) < 4.78 is 30.3. The summed E-state index contributed by atoms with van der Waals surface area (Å²) in [4.78, 5) is 12.6. The summed E-state index contributed by atoms with van der Waals surface area (Å²) >= 11 is 0. The van der Waals surface area contributed by atoms with E-state index in [9.17, 15) is 13.2 Å². The quantitative estimate of drug-likeness (QED) is 0.781. The molecule has 0 radical (unpaired) electrons. The van der Waals surface area contributed by atoms with Gasteiger partial charge < -0.3 is 0 Å². The van der Waals surface area contributed by atoms with Gasteiger partial charge >= 0.3 is 0 Å². The van der Waals surface area contributed by atoms with Crippen molar-refractivity contribution in [3.63, 3.8) is 0 Å². The van der Waals surface area contributed by atoms with Gasteiger partial charge in [0.25, 0.3) is 15.7 Å². The third-order valence-corrected chi connectivity index (χ3v) is 3.58. The van der Waals surface area contributed by atoms with E-state index in [2.05, 4.69) is 0 Å². The molecule has 7 nitrogen and oxygen atoms in total. The van der Waals surface area contributed by atoms with E-state index in [1.807, 2.05) is 18.2 Å². The molecule has 0 aliphatic rings. The molecular formula is C13H17N3O4S. The molecule has 0 aliphatic heterocycles. The zero-order valence-corrected chi connectivity index (χ0v) is 13.1. The van der Waals surface area contributed by atoms with Crippen molar-refractivity contribution in [1.29, 1.82) is 0 Å². The highest BCUT2D eigenvalue weighted by molar-refractivity contribution is 7.86. The first-order chi connectivity index (χ1) is 9.72. The summed E-state index contributed by atoms with van der Waals surface area (Å²) in [6.07, 6.45) is 0.928. The van der Waals surface area contributed by atoms with E-state index in [0.29, 0.717) is 11.4 Å². The van der Waals surface area contributed by atoms with Crippen molar-refractivity contribution >= 4 is 15.8 Å². The molecule has 1 heterocycles. The van der Waals surface area contributed by atoms with E-state index in [-0.39, 0.29) is 11.2 Å². The standard InChI is InChI=1S/C13H17N3O4S/c1-10-12(15(3)20-21(4,18)19)13(17)16(14(10)2)11-8-6-5-7-9-11/h5-9H,1-4H3. The number of aromatic nitrogens is 2. The van der Waals surface area contributed by atoms with Crippen molar-refractivity contribution < 1.29 is 12.7 Å². The first-order valence-corrected chi connectivity index (χ1v) is 8.01. The zero-order chi connectivity index (χ0) is 15.8. The van der Waals surface area contributed by atoms with Crippen molar-refractivity contribution in [3.05, 3.63) is 46.4 Å². The number of rotatable bonds is 4. The highest BCUT2D eigenvalue weighted by Crippen LogP contribution is 2.18. The van der Waals surface area contributed by atoms with Crippen LogP contribution in [-0.4, -0.2) is 31.1 Å². The summed E-state index contributed by atoms with van der Waals surface area (Å²) in [6.45, 7) is 1.72. The molecule has 0 atom stereocenters. The highest BCUT2D eigenvalue weighted by atomic mass is 32.2. The molecule has 21 heavy (non-hydrogen) atoms. The second-order valence-corrected chi connectivity index (χ2v) is 6.24. The molecule has 0 spiro atoms. The average Bonchev–Trinajstić information content (AvgIpc) is 2.59. The van der Waals surface area contributed by atoms with Gasteiger partial charge in [0, 0.05) is 14.1 Å². The lowest BCUT2D eigenvalue weighted by atomic mass is 10.3. The van der Waals surface area contributed by atoms with Crippen LogP contribution >= 0.6 is 0 Å². The molecule has 8 heteroatoms. The Labute approximate surface area is 123 Å². The largest absolute Gasteiger partial charge is 0.297 e. The lowest BCUT2D eigenvalue weighted by Gasteiger charge is -2.14. The molecule has 0 fully saturated rings. The van der Waals surface area contributed by atoms with Crippen molar-refractivity contribution in [2.75, 3.05) is 18.4 Å². The first kappa shape index (κ1) is 15.3. The molecule has 0 unspecified atom stereocenters. The van der Waals surface area contributed by atoms with Gasteiger partial charge in [-0.3, -0.25) is 9.48 Å². The Morgan fingerprint density at radius 1 is 1.19 bits per heavy atom. The van der Waals surface area contributed by atoms with Crippen molar-refractivity contribution in [1.82, 2.24) is 9.36 Å². The molecule has 0 amide bonds. The third-order valence-electron chi connectivity index (χ3n) is 3.09. The molecule has 0 aliphatic carbocycles. The van der Waals surface area contributed by atoms with Gasteiger partial charge in [-0.15, -0.1) is 4.28 Å². The summed E-state index contributed by atoms with van der Waals surface area (Å²) in [5.41, 5.74) is 1.10. The van der Waals surface area contributed by atoms with Crippen LogP contribution in [0, 0.1) is 6.92 Å². The summed E-state index contributed by atoms with van der Waals surface area (Å²) in [5.74, 6) is 0. The Balaban J connectivity index is 2.59. The molecule has 1 aromatic heterocycles. The second-order valence-electron chi connectivity index (χ2n) is 4.69. The second kappa shape index (κ2) is 5.38. The predicted octanol–water partition coefficient (Wildman–Crippen LogP) is 0.812. The minimum absolute atomic E-state index is 0.173. The van der Waals surface area contributed by atoms with E-state index in [4.69, 9.17) is 4.28 Å². The maximum Gasteiger partial charge on any atom is 0.297 e. The van der Waals surface area contributed by atoms with Gasteiger partial charge in [0.2, 0.25) is 0 Å². The van der Waals surface area contributed by atoms with Crippen LogP contribution in [0.25, 0.3) is 5.69 Å². The van der Waals surface area contributed by atoms with Crippen LogP contribution < -0.4 is 10.6 Å². The van der Waals surface area contributed by atoms with Gasteiger partial charge in [-0.2, -0.15) is 8.42 Å². The third kappa shape index (κ3) is 3.01. The van der Waals surface area contributed by atoms with E-state index < -0.39 is 10.1 Å². The van der Waals surface area contributed by atoms with E-state index >= 15 is 0 Å². The molecule has 2 aromatic rings. The maximum atomic E-state index is 12.6. The van der Waals surface area contributed by atoms with Crippen molar-refractivity contribution in [2.24, 2.45) is 7.05 Å². The highest BCUT2D eigenvalue weighted by Gasteiger charge is 2.22. The van der Waals surface area contributed by atoms with Gasteiger partial charge in [0.05, 0.1) is 17.6 Å². The fourth-order valence-corrected chi connectivity index (χ4v) is 2.64. The number of nitrogens with zero attached hydrogens (tertiary/aromatic N) is 3. The van der Waals surface area contributed by atoms with Gasteiger partial charge in [0.15, 0.2) is 5.69 Å². The molecule has 0 N–H and O–H groups in total. The molecule has 114 valence electrons. The number of hydrogen-bond acceptors (Lipinski definition) is 5. The van der Waals surface area contributed by atoms with Crippen molar-refractivity contribution in [3.8, 4) is 5.69 Å². The summed E-state index contributed by atoms with van der Waals surface area (Å²) in [7, 11) is -0.592. The van der Waals surface area contributed by atoms with E-state index in [0.717, 1.165) is 11.3 Å². The Kier molecular flexibility index (Phi) is 3.93. The Morgan fingerprint density at radius 3 is 2.29 bits per heavy atom. The van der Waals surface area contributed by atoms with Gasteiger partial charge in [-0.25, -0.2) is 9.75 Å². The predicted molar refractivity (Wildman–Crippen MR) is 80.1 cm³/mol. The zero-order valence-electron chi connectivity index (χ0n) is 12.3. The van der Waals surface area contributed by atoms with Gasteiger partial charge in [0.1, 0.15) is 0 Å². The fourth-order valence-electron chi connectivity index (χ4n) is 2.16.